The Morgan fingerprint density at radius 3 is 2.40 bits per heavy atom. The third-order valence-electron chi connectivity index (χ3n) is 0.302. The fraction of sp³-hybridized carbons (Fsp3) is 0.667. The molecule has 0 fully saturated rings. The molecule has 0 unspecified atom stereocenters. The van der Waals surface area contributed by atoms with Crippen LogP contribution < -0.4 is 0 Å². The van der Waals surface area contributed by atoms with Gasteiger partial charge in [0.1, 0.15) is 0 Å². The molecule has 1 radical (unpaired) electrons. The number of carboxylic acids is 1. The van der Waals surface area contributed by atoms with E-state index in [-0.39, 0.29) is 7.85 Å². The first kappa shape index (κ1) is 4.47. The molecule has 5 heavy (non-hydrogen) atoms. The Hall–Kier alpha value is -0.530. The standard InChI is InChI=1S/C3H6O2.H/c1-2-3(4)5;/h2H2,1H3,(H,4,5);. The van der Waals surface area contributed by atoms with Gasteiger partial charge in [0.25, 0.3) is 0 Å². The third-order valence-corrected chi connectivity index (χ3v) is 0.302. The summed E-state index contributed by atoms with van der Waals surface area (Å²) in [6.07, 6.45) is 0.222. The molecule has 0 atom stereocenters. The van der Waals surface area contributed by atoms with E-state index in [0.29, 0.717) is 0 Å². The normalized spacial score (nSPS) is 7.40. The zero-order chi connectivity index (χ0) is 4.28. The number of carbonyl (C=O) groups is 1. The smallest absolute Gasteiger partial charge is 0.303 e. The second kappa shape index (κ2) is 1.76. The van der Waals surface area contributed by atoms with Crippen molar-refractivity contribution >= 4 is 5.97 Å². The van der Waals surface area contributed by atoms with Gasteiger partial charge in [-0.25, -0.2) is 0 Å². The van der Waals surface area contributed by atoms with Crippen LogP contribution >= 0.6 is 0 Å². The molecule has 2 nitrogen and oxygen atoms in total. The summed E-state index contributed by atoms with van der Waals surface area (Å²) in [7, 11) is 0. The van der Waals surface area contributed by atoms with Crippen molar-refractivity contribution in [3.8, 4) is 0 Å². The fourth-order valence-corrected chi connectivity index (χ4v) is 0. The summed E-state index contributed by atoms with van der Waals surface area (Å²) in [4.78, 5) is 9.37. The van der Waals surface area contributed by atoms with Crippen molar-refractivity contribution in [2.75, 3.05) is 0 Å². The lowest BCUT2D eigenvalue weighted by atomic mass is 10.5. The Balaban J connectivity index is 0. The molecular weight excluding hydrogens is 68.0 g/mol. The van der Waals surface area contributed by atoms with Gasteiger partial charge in [0.15, 0.2) is 0 Å². The highest BCUT2D eigenvalue weighted by atomic mass is 16.4. The first-order chi connectivity index (χ1) is 2.27. The molecule has 0 saturated carbocycles. The highest BCUT2D eigenvalue weighted by Gasteiger charge is 1.80. The van der Waals surface area contributed by atoms with E-state index in [1.165, 1.54) is 0 Å². The molecule has 0 aromatic rings. The van der Waals surface area contributed by atoms with Gasteiger partial charge in [-0.3, -0.25) is 4.79 Å². The molecule has 0 rings (SSSR count). The minimum Gasteiger partial charge on any atom is -0.481 e. The van der Waals surface area contributed by atoms with Gasteiger partial charge in [-0.05, 0) is 0 Å². The average Bonchev–Trinajstić information content (AvgIpc) is 1.38. The van der Waals surface area contributed by atoms with Gasteiger partial charge in [0.2, 0.25) is 0 Å². The van der Waals surface area contributed by atoms with Gasteiger partial charge in [0, 0.05) is 7.85 Å². The highest BCUT2D eigenvalue weighted by Crippen LogP contribution is 1.67. The first-order valence-electron chi connectivity index (χ1n) is 1.49. The number of rotatable bonds is 1. The quantitative estimate of drug-likeness (QED) is 0.495. The van der Waals surface area contributed by atoms with Gasteiger partial charge < -0.3 is 5.11 Å². The van der Waals surface area contributed by atoms with Gasteiger partial charge in [-0.2, -0.15) is 0 Å². The Kier molecular flexibility index (Phi) is 1.57. The van der Waals surface area contributed by atoms with Crippen LogP contribution in [0.2, 0.25) is 0 Å². The van der Waals surface area contributed by atoms with Crippen molar-refractivity contribution < 1.29 is 11.3 Å². The van der Waals surface area contributed by atoms with E-state index in [1.807, 2.05) is 0 Å². The third kappa shape index (κ3) is 3.47. The van der Waals surface area contributed by atoms with Crippen molar-refractivity contribution in [2.45, 2.75) is 13.3 Å². The van der Waals surface area contributed by atoms with E-state index >= 15 is 0 Å². The lowest BCUT2D eigenvalue weighted by Gasteiger charge is -1.71. The molecule has 0 amide bonds. The van der Waals surface area contributed by atoms with Gasteiger partial charge in [-0.1, -0.05) is 6.92 Å². The monoisotopic (exact) mass is 75.0 g/mol. The van der Waals surface area contributed by atoms with Crippen LogP contribution in [0.3, 0.4) is 0 Å². The Labute approximate surface area is 31.9 Å². The number of hydrogen-bond acceptors (Lipinski definition) is 1. The van der Waals surface area contributed by atoms with Gasteiger partial charge in [0.05, 0.1) is 0 Å². The predicted molar refractivity (Wildman–Crippen MR) is 19.0 cm³/mol. The molecule has 31 valence electrons. The second-order valence-corrected chi connectivity index (χ2v) is 0.747. The average molecular weight is 75.1 g/mol. The van der Waals surface area contributed by atoms with Crippen LogP contribution in [0.5, 0.6) is 0 Å². The maximum Gasteiger partial charge on any atom is 0.303 e. The number of aliphatic carboxylic acids is 1. The van der Waals surface area contributed by atoms with Crippen LogP contribution in [0.4, 0.5) is 0 Å². The van der Waals surface area contributed by atoms with E-state index < -0.39 is 5.97 Å². The lowest BCUT2D eigenvalue weighted by Crippen LogP contribution is -1.86. The number of carboxylic acid groups (broad SMARTS) is 1. The summed E-state index contributed by atoms with van der Waals surface area (Å²) in [6.45, 7) is 1.60. The van der Waals surface area contributed by atoms with Crippen molar-refractivity contribution in [2.24, 2.45) is 0 Å². The molecule has 0 aromatic heterocycles. The zero-order valence-corrected chi connectivity index (χ0v) is 3.06. The van der Waals surface area contributed by atoms with E-state index in [0.717, 1.165) is 0 Å². The van der Waals surface area contributed by atoms with Crippen molar-refractivity contribution in [3.63, 3.8) is 0 Å². The zero-order valence-electron chi connectivity index (χ0n) is 4.06. The molecule has 2 heteroatoms. The lowest BCUT2D eigenvalue weighted by molar-refractivity contribution is -0.136. The van der Waals surface area contributed by atoms with Crippen LogP contribution in [0.15, 0.2) is 0 Å². The summed E-state index contributed by atoms with van der Waals surface area (Å²) >= 11 is 0. The molecule has 0 aliphatic rings. The van der Waals surface area contributed by atoms with E-state index in [4.69, 9.17) is 5.11 Å². The molecule has 0 aliphatic heterocycles. The van der Waals surface area contributed by atoms with Crippen LogP contribution in [-0.4, -0.2) is 11.1 Å². The summed E-state index contributed by atoms with van der Waals surface area (Å²) in [5.41, 5.74) is 0. The van der Waals surface area contributed by atoms with Crippen LogP contribution in [0.1, 0.15) is 14.8 Å². The Morgan fingerprint density at radius 1 is 2.20 bits per heavy atom. The molecule has 1 N–H and O–H groups in total. The van der Waals surface area contributed by atoms with Crippen LogP contribution in [0.25, 0.3) is 0 Å². The Bertz CT molecular complexity index is 44.1. The Morgan fingerprint density at radius 2 is 2.40 bits per heavy atom. The minimum atomic E-state index is -0.745. The van der Waals surface area contributed by atoms with E-state index in [1.54, 1.807) is 6.92 Å². The number of hydrogen-bond donors (Lipinski definition) is 1. The minimum absolute atomic E-state index is 0. The van der Waals surface area contributed by atoms with E-state index in [2.05, 4.69) is 0 Å². The summed E-state index contributed by atoms with van der Waals surface area (Å²) in [5.74, 6) is -0.745. The predicted octanol–water partition coefficient (Wildman–Crippen LogP) is 0.593. The molecule has 0 aromatic carbocycles. The summed E-state index contributed by atoms with van der Waals surface area (Å²) in [6, 6.07) is 0. The fourth-order valence-electron chi connectivity index (χ4n) is 0. The first-order valence-corrected chi connectivity index (χ1v) is 1.49. The van der Waals surface area contributed by atoms with Crippen molar-refractivity contribution in [1.29, 1.82) is 0 Å². The maximum absolute atomic E-state index is 9.37. The van der Waals surface area contributed by atoms with E-state index in [9.17, 15) is 4.79 Å². The molecule has 0 saturated heterocycles. The van der Waals surface area contributed by atoms with Crippen molar-refractivity contribution in [3.05, 3.63) is 0 Å². The highest BCUT2D eigenvalue weighted by molar-refractivity contribution is 5.66. The maximum atomic E-state index is 9.37. The molecule has 0 aliphatic carbocycles. The second-order valence-electron chi connectivity index (χ2n) is 0.747. The topological polar surface area (TPSA) is 37.3 Å². The van der Waals surface area contributed by atoms with Gasteiger partial charge in [-0.15, -0.1) is 0 Å². The largest absolute Gasteiger partial charge is 0.481 e. The molecule has 0 spiro atoms. The molecule has 0 bridgehead atoms. The van der Waals surface area contributed by atoms with Crippen LogP contribution in [0, 0.1) is 0 Å². The van der Waals surface area contributed by atoms with Crippen molar-refractivity contribution in [1.82, 2.24) is 0 Å². The SMILES string of the molecule is CCC(=O)O.[H]. The summed E-state index contributed by atoms with van der Waals surface area (Å²) < 4.78 is 0. The summed E-state index contributed by atoms with van der Waals surface area (Å²) in [5, 5.41) is 7.72. The molecular formula is C3H7O2. The van der Waals surface area contributed by atoms with Crippen LogP contribution in [-0.2, 0) is 4.79 Å². The van der Waals surface area contributed by atoms with Gasteiger partial charge >= 0.3 is 5.97 Å². The molecule has 0 heterocycles.